The van der Waals surface area contributed by atoms with Crippen molar-refractivity contribution in [3.05, 3.63) is 145 Å². The Morgan fingerprint density at radius 1 is 0.419 bits per heavy atom. The van der Waals surface area contributed by atoms with Gasteiger partial charge in [0.05, 0.1) is 11.2 Å². The number of benzene rings is 7. The molecule has 9 rings (SSSR count). The largest absolute Gasteiger partial charge is 0.228 e. The molecule has 0 fully saturated rings. The molecule has 0 spiro atoms. The minimum Gasteiger partial charge on any atom is -0.228 e. The Morgan fingerprint density at radius 2 is 0.977 bits per heavy atom. The van der Waals surface area contributed by atoms with Crippen molar-refractivity contribution in [1.82, 2.24) is 9.97 Å². The second kappa shape index (κ2) is 8.83. The van der Waals surface area contributed by atoms with Gasteiger partial charge in [0.1, 0.15) is 0 Å². The molecule has 0 amide bonds. The molecule has 1 aliphatic carbocycles. The maximum Gasteiger partial charge on any atom is 0.160 e. The molecule has 0 saturated heterocycles. The minimum atomic E-state index is -0.0796. The first-order valence-corrected chi connectivity index (χ1v) is 14.9. The van der Waals surface area contributed by atoms with Gasteiger partial charge in [0.25, 0.3) is 0 Å². The van der Waals surface area contributed by atoms with Gasteiger partial charge in [-0.15, -0.1) is 0 Å². The molecule has 8 aromatic rings. The molecule has 43 heavy (non-hydrogen) atoms. The third-order valence-electron chi connectivity index (χ3n) is 9.46. The molecule has 0 saturated carbocycles. The van der Waals surface area contributed by atoms with Gasteiger partial charge in [0.15, 0.2) is 5.82 Å². The molecule has 7 aromatic carbocycles. The molecule has 1 aliphatic rings. The second-order valence-corrected chi connectivity index (χ2v) is 12.2. The van der Waals surface area contributed by atoms with Crippen LogP contribution >= 0.6 is 0 Å². The van der Waals surface area contributed by atoms with Gasteiger partial charge in [-0.3, -0.25) is 0 Å². The molecular formula is C41H28N2. The van der Waals surface area contributed by atoms with Crippen LogP contribution in [0.4, 0.5) is 0 Å². The fourth-order valence-electron chi connectivity index (χ4n) is 7.32. The van der Waals surface area contributed by atoms with E-state index in [2.05, 4.69) is 147 Å². The summed E-state index contributed by atoms with van der Waals surface area (Å²) in [6.07, 6.45) is 0. The van der Waals surface area contributed by atoms with Gasteiger partial charge in [0.2, 0.25) is 0 Å². The lowest BCUT2D eigenvalue weighted by Crippen LogP contribution is -2.15. The van der Waals surface area contributed by atoms with Crippen molar-refractivity contribution in [3.8, 4) is 33.8 Å². The van der Waals surface area contributed by atoms with Gasteiger partial charge < -0.3 is 0 Å². The Bertz CT molecular complexity index is 2400. The number of fused-ring (bicyclic) bond motifs is 10. The van der Waals surface area contributed by atoms with Crippen LogP contribution in [-0.2, 0) is 5.41 Å². The number of hydrogen-bond acceptors (Lipinski definition) is 2. The Labute approximate surface area is 250 Å². The van der Waals surface area contributed by atoms with Crippen molar-refractivity contribution in [1.29, 1.82) is 0 Å². The van der Waals surface area contributed by atoms with E-state index in [1.165, 1.54) is 54.6 Å². The average molecular weight is 549 g/mol. The Kier molecular flexibility index (Phi) is 4.99. The third kappa shape index (κ3) is 3.47. The highest BCUT2D eigenvalue weighted by Gasteiger charge is 2.35. The van der Waals surface area contributed by atoms with Crippen LogP contribution in [0.3, 0.4) is 0 Å². The zero-order chi connectivity index (χ0) is 28.7. The normalized spacial score (nSPS) is 13.5. The lowest BCUT2D eigenvalue weighted by atomic mass is 9.82. The van der Waals surface area contributed by atoms with Crippen molar-refractivity contribution in [2.45, 2.75) is 19.3 Å². The number of aromatic nitrogens is 2. The summed E-state index contributed by atoms with van der Waals surface area (Å²) in [5.41, 5.74) is 9.31. The third-order valence-corrected chi connectivity index (χ3v) is 9.46. The molecule has 2 heteroatoms. The van der Waals surface area contributed by atoms with E-state index in [1.54, 1.807) is 0 Å². The van der Waals surface area contributed by atoms with Crippen molar-refractivity contribution in [3.63, 3.8) is 0 Å². The number of rotatable bonds is 2. The maximum atomic E-state index is 5.30. The van der Waals surface area contributed by atoms with E-state index >= 15 is 0 Å². The minimum absolute atomic E-state index is 0.0796. The van der Waals surface area contributed by atoms with Crippen molar-refractivity contribution < 1.29 is 0 Å². The van der Waals surface area contributed by atoms with Crippen LogP contribution in [0, 0.1) is 0 Å². The molecule has 0 aliphatic heterocycles. The highest BCUT2D eigenvalue weighted by Crippen LogP contribution is 2.49. The molecule has 1 aromatic heterocycles. The van der Waals surface area contributed by atoms with Crippen LogP contribution in [0.5, 0.6) is 0 Å². The highest BCUT2D eigenvalue weighted by molar-refractivity contribution is 6.25. The molecule has 0 bridgehead atoms. The first-order chi connectivity index (χ1) is 21.1. The summed E-state index contributed by atoms with van der Waals surface area (Å²) < 4.78 is 0. The molecule has 0 radical (unpaired) electrons. The Morgan fingerprint density at radius 3 is 1.72 bits per heavy atom. The van der Waals surface area contributed by atoms with Crippen LogP contribution in [-0.4, -0.2) is 9.97 Å². The maximum absolute atomic E-state index is 5.30. The number of nitrogens with zero attached hydrogens (tertiary/aromatic N) is 2. The average Bonchev–Trinajstić information content (AvgIpc) is 3.30. The number of hydrogen-bond donors (Lipinski definition) is 0. The van der Waals surface area contributed by atoms with E-state index in [0.29, 0.717) is 0 Å². The van der Waals surface area contributed by atoms with E-state index < -0.39 is 0 Å². The molecule has 2 nitrogen and oxygen atoms in total. The topological polar surface area (TPSA) is 25.8 Å². The molecule has 0 atom stereocenters. The Balaban J connectivity index is 1.28. The monoisotopic (exact) mass is 548 g/mol. The lowest BCUT2D eigenvalue weighted by molar-refractivity contribution is 0.660. The molecule has 1 heterocycles. The Hall–Kier alpha value is -5.34. The van der Waals surface area contributed by atoms with Gasteiger partial charge >= 0.3 is 0 Å². The predicted molar refractivity (Wildman–Crippen MR) is 180 cm³/mol. The zero-order valence-corrected chi connectivity index (χ0v) is 24.1. The summed E-state index contributed by atoms with van der Waals surface area (Å²) in [5.74, 6) is 0.756. The summed E-state index contributed by atoms with van der Waals surface area (Å²) in [6, 6.07) is 48.2. The number of para-hydroxylation sites is 1. The van der Waals surface area contributed by atoms with Gasteiger partial charge in [-0.05, 0) is 72.8 Å². The van der Waals surface area contributed by atoms with Crippen LogP contribution < -0.4 is 0 Å². The van der Waals surface area contributed by atoms with Crippen LogP contribution in [0.1, 0.15) is 25.0 Å². The second-order valence-electron chi connectivity index (χ2n) is 12.2. The fourth-order valence-corrected chi connectivity index (χ4v) is 7.32. The molecule has 202 valence electrons. The van der Waals surface area contributed by atoms with Gasteiger partial charge in [-0.25, -0.2) is 9.97 Å². The van der Waals surface area contributed by atoms with E-state index in [0.717, 1.165) is 33.5 Å². The molecule has 0 unspecified atom stereocenters. The van der Waals surface area contributed by atoms with Crippen molar-refractivity contribution >= 4 is 43.2 Å². The summed E-state index contributed by atoms with van der Waals surface area (Å²) in [6.45, 7) is 4.63. The van der Waals surface area contributed by atoms with Gasteiger partial charge in [0, 0.05) is 21.9 Å². The fraction of sp³-hybridized carbons (Fsp3) is 0.0732. The van der Waals surface area contributed by atoms with Crippen molar-refractivity contribution in [2.75, 3.05) is 0 Å². The van der Waals surface area contributed by atoms with Crippen molar-refractivity contribution in [2.24, 2.45) is 0 Å². The standard InChI is InChI=1S/C41H28N2/c1-41(2)36-17-9-7-15-32(36)33-22-20-26(24-37(33)41)40-42-38-18-10-8-16-34(38)39(43-40)25-19-21-31-29-13-4-3-11-27(29)28-12-5-6-14-30(28)35(31)23-25/h3-24H,1-2H3. The van der Waals surface area contributed by atoms with Crippen LogP contribution in [0.2, 0.25) is 0 Å². The smallest absolute Gasteiger partial charge is 0.160 e. The lowest BCUT2D eigenvalue weighted by Gasteiger charge is -2.21. The summed E-state index contributed by atoms with van der Waals surface area (Å²) in [7, 11) is 0. The van der Waals surface area contributed by atoms with Gasteiger partial charge in [-0.2, -0.15) is 0 Å². The first kappa shape index (κ1) is 24.3. The van der Waals surface area contributed by atoms with Crippen LogP contribution in [0.15, 0.2) is 133 Å². The molecular weight excluding hydrogens is 520 g/mol. The van der Waals surface area contributed by atoms with E-state index in [9.17, 15) is 0 Å². The summed E-state index contributed by atoms with van der Waals surface area (Å²) in [4.78, 5) is 10.4. The first-order valence-electron chi connectivity index (χ1n) is 14.9. The van der Waals surface area contributed by atoms with E-state index in [4.69, 9.17) is 9.97 Å². The predicted octanol–water partition coefficient (Wildman–Crippen LogP) is 10.7. The van der Waals surface area contributed by atoms with Crippen LogP contribution in [0.25, 0.3) is 77.0 Å². The SMILES string of the molecule is CC1(C)c2ccccc2-c2ccc(-c3nc(-c4ccc5c6ccccc6c6ccccc6c5c4)c4ccccc4n3)cc21. The highest BCUT2D eigenvalue weighted by atomic mass is 14.9. The van der Waals surface area contributed by atoms with E-state index in [1.807, 2.05) is 0 Å². The van der Waals surface area contributed by atoms with E-state index in [-0.39, 0.29) is 5.41 Å². The summed E-state index contributed by atoms with van der Waals surface area (Å²) >= 11 is 0. The summed E-state index contributed by atoms with van der Waals surface area (Å²) in [5, 5.41) is 8.66. The molecule has 0 N–H and O–H groups in total. The quantitative estimate of drug-likeness (QED) is 0.201. The zero-order valence-electron chi connectivity index (χ0n) is 24.1. The van der Waals surface area contributed by atoms with Gasteiger partial charge in [-0.1, -0.05) is 129 Å².